The van der Waals surface area contributed by atoms with Crippen LogP contribution in [0, 0.1) is 17.4 Å². The van der Waals surface area contributed by atoms with Gasteiger partial charge in [-0.25, -0.2) is 9.67 Å². The molecule has 0 spiro atoms. The first-order valence-corrected chi connectivity index (χ1v) is 8.90. The van der Waals surface area contributed by atoms with Crippen molar-refractivity contribution in [2.24, 2.45) is 0 Å². The summed E-state index contributed by atoms with van der Waals surface area (Å²) in [5, 5.41) is 6.88. The molecule has 0 fully saturated rings. The van der Waals surface area contributed by atoms with Crippen molar-refractivity contribution in [1.82, 2.24) is 14.8 Å². The maximum absolute atomic E-state index is 12.7. The first kappa shape index (κ1) is 19.3. The maximum atomic E-state index is 12.7. The quantitative estimate of drug-likeness (QED) is 0.544. The van der Waals surface area contributed by atoms with Crippen molar-refractivity contribution in [3.05, 3.63) is 68.7 Å². The van der Waals surface area contributed by atoms with Crippen LogP contribution in [-0.4, -0.2) is 20.7 Å². The van der Waals surface area contributed by atoms with Crippen molar-refractivity contribution < 1.29 is 18.0 Å². The lowest BCUT2D eigenvalue weighted by molar-refractivity contribution is -0.137. The van der Waals surface area contributed by atoms with Gasteiger partial charge in [0.25, 0.3) is 5.91 Å². The summed E-state index contributed by atoms with van der Waals surface area (Å²) in [6, 6.07) is 7.70. The number of nitrogens with one attached hydrogen (secondary N) is 1. The van der Waals surface area contributed by atoms with Gasteiger partial charge in [-0.15, -0.1) is 0 Å². The van der Waals surface area contributed by atoms with Gasteiger partial charge < -0.3 is 5.32 Å². The zero-order valence-corrected chi connectivity index (χ0v) is 16.5. The summed E-state index contributed by atoms with van der Waals surface area (Å²) in [5.41, 5.74) is 1.69. The van der Waals surface area contributed by atoms with Gasteiger partial charge in [0.2, 0.25) is 0 Å². The van der Waals surface area contributed by atoms with Gasteiger partial charge in [-0.05, 0) is 66.3 Å². The Kier molecular flexibility index (Phi) is 5.22. The number of halogens is 4. The van der Waals surface area contributed by atoms with E-state index in [2.05, 4.69) is 38.0 Å². The molecular formula is C18H14F3IN4O. The van der Waals surface area contributed by atoms with Gasteiger partial charge in [0.1, 0.15) is 0 Å². The fourth-order valence-electron chi connectivity index (χ4n) is 2.41. The van der Waals surface area contributed by atoms with Gasteiger partial charge in [0.05, 0.1) is 23.0 Å². The molecule has 5 nitrogen and oxygen atoms in total. The number of nitrogens with zero attached hydrogens (tertiary/aromatic N) is 3. The third kappa shape index (κ3) is 4.12. The Bertz CT molecular complexity index is 997. The van der Waals surface area contributed by atoms with Crippen molar-refractivity contribution in [1.29, 1.82) is 0 Å². The Balaban J connectivity index is 1.84. The van der Waals surface area contributed by atoms with E-state index in [0.29, 0.717) is 16.9 Å². The summed E-state index contributed by atoms with van der Waals surface area (Å²) < 4.78 is 40.3. The number of benzene rings is 1. The monoisotopic (exact) mass is 486 g/mol. The summed E-state index contributed by atoms with van der Waals surface area (Å²) in [5.74, 6) is -0.158. The van der Waals surface area contributed by atoms with Crippen LogP contribution in [0.2, 0.25) is 0 Å². The van der Waals surface area contributed by atoms with Crippen molar-refractivity contribution in [2.75, 3.05) is 5.32 Å². The van der Waals surface area contributed by atoms with Crippen LogP contribution < -0.4 is 5.32 Å². The molecule has 1 N–H and O–H groups in total. The summed E-state index contributed by atoms with van der Waals surface area (Å²) in [6.45, 7) is 3.62. The fourth-order valence-corrected chi connectivity index (χ4v) is 2.93. The van der Waals surface area contributed by atoms with E-state index in [4.69, 9.17) is 0 Å². The summed E-state index contributed by atoms with van der Waals surface area (Å²) >= 11 is 2.18. The lowest BCUT2D eigenvalue weighted by atomic mass is 10.2. The number of amides is 1. The standard InChI is InChI=1S/C18H14F3IN4O/c1-10-3-5-13(7-15(10)22)25-17(27)14-9-24-26(11(14)2)16-6-4-12(8-23-16)18(19,20)21/h3-9H,1-2H3,(H,25,27). The first-order valence-electron chi connectivity index (χ1n) is 7.82. The van der Waals surface area contributed by atoms with E-state index in [0.717, 1.165) is 21.4 Å². The minimum Gasteiger partial charge on any atom is -0.322 e. The number of carbonyl (C=O) groups is 1. The number of aryl methyl sites for hydroxylation is 1. The Morgan fingerprint density at radius 3 is 2.48 bits per heavy atom. The topological polar surface area (TPSA) is 59.8 Å². The van der Waals surface area contributed by atoms with Gasteiger partial charge in [-0.3, -0.25) is 4.79 Å². The molecule has 1 amide bonds. The Labute approximate surface area is 166 Å². The number of rotatable bonds is 3. The molecule has 2 heterocycles. The minimum atomic E-state index is -4.46. The van der Waals surface area contributed by atoms with Crippen LogP contribution in [0.1, 0.15) is 27.2 Å². The zero-order chi connectivity index (χ0) is 19.8. The second-order valence-electron chi connectivity index (χ2n) is 5.88. The van der Waals surface area contributed by atoms with Gasteiger partial charge >= 0.3 is 6.18 Å². The molecule has 140 valence electrons. The molecule has 1 aromatic carbocycles. The van der Waals surface area contributed by atoms with Crippen LogP contribution in [0.25, 0.3) is 5.82 Å². The van der Waals surface area contributed by atoms with Gasteiger partial charge in [-0.1, -0.05) is 6.07 Å². The number of hydrogen-bond acceptors (Lipinski definition) is 3. The maximum Gasteiger partial charge on any atom is 0.417 e. The Hall–Kier alpha value is -2.43. The Morgan fingerprint density at radius 1 is 1.15 bits per heavy atom. The normalized spacial score (nSPS) is 11.5. The molecule has 0 radical (unpaired) electrons. The summed E-state index contributed by atoms with van der Waals surface area (Å²) in [6.07, 6.45) is -2.35. The average molecular weight is 486 g/mol. The second-order valence-corrected chi connectivity index (χ2v) is 7.04. The number of carbonyl (C=O) groups excluding carboxylic acids is 1. The van der Waals surface area contributed by atoms with Crippen LogP contribution in [0.15, 0.2) is 42.7 Å². The molecule has 0 bridgehead atoms. The number of alkyl halides is 3. The average Bonchev–Trinajstić information content (AvgIpc) is 2.99. The second kappa shape index (κ2) is 7.29. The molecule has 3 aromatic rings. The number of anilines is 1. The van der Waals surface area contributed by atoms with Gasteiger partial charge in [0.15, 0.2) is 5.82 Å². The van der Waals surface area contributed by atoms with E-state index in [1.165, 1.54) is 16.9 Å². The van der Waals surface area contributed by atoms with Crippen molar-refractivity contribution in [2.45, 2.75) is 20.0 Å². The first-order chi connectivity index (χ1) is 12.7. The van der Waals surface area contributed by atoms with Gasteiger partial charge in [0, 0.05) is 15.5 Å². The third-order valence-electron chi connectivity index (χ3n) is 3.98. The molecule has 27 heavy (non-hydrogen) atoms. The minimum absolute atomic E-state index is 0.199. The number of hydrogen-bond donors (Lipinski definition) is 1. The number of pyridine rings is 1. The largest absolute Gasteiger partial charge is 0.417 e. The van der Waals surface area contributed by atoms with E-state index < -0.39 is 11.7 Å². The molecular weight excluding hydrogens is 472 g/mol. The highest BCUT2D eigenvalue weighted by atomic mass is 127. The highest BCUT2D eigenvalue weighted by Crippen LogP contribution is 2.29. The lowest BCUT2D eigenvalue weighted by Gasteiger charge is -2.09. The summed E-state index contributed by atoms with van der Waals surface area (Å²) in [7, 11) is 0. The third-order valence-corrected chi connectivity index (χ3v) is 5.14. The van der Waals surface area contributed by atoms with E-state index in [1.807, 2.05) is 19.1 Å². The van der Waals surface area contributed by atoms with E-state index in [1.54, 1.807) is 13.0 Å². The molecule has 3 rings (SSSR count). The smallest absolute Gasteiger partial charge is 0.322 e. The van der Waals surface area contributed by atoms with Crippen molar-refractivity contribution in [3.8, 4) is 5.82 Å². The summed E-state index contributed by atoms with van der Waals surface area (Å²) in [4.78, 5) is 16.3. The SMILES string of the molecule is Cc1ccc(NC(=O)c2cnn(-c3ccc(C(F)(F)F)cn3)c2C)cc1I. The molecule has 0 saturated carbocycles. The highest BCUT2D eigenvalue weighted by molar-refractivity contribution is 14.1. The number of aromatic nitrogens is 3. The molecule has 9 heteroatoms. The predicted octanol–water partition coefficient (Wildman–Crippen LogP) is 4.76. The van der Waals surface area contributed by atoms with Crippen LogP contribution in [0.3, 0.4) is 0 Å². The molecule has 0 aliphatic rings. The van der Waals surface area contributed by atoms with Crippen LogP contribution in [0.4, 0.5) is 18.9 Å². The fraction of sp³-hybridized carbons (Fsp3) is 0.167. The van der Waals surface area contributed by atoms with Crippen LogP contribution in [0.5, 0.6) is 0 Å². The van der Waals surface area contributed by atoms with Crippen LogP contribution in [-0.2, 0) is 6.18 Å². The van der Waals surface area contributed by atoms with E-state index in [-0.39, 0.29) is 11.7 Å². The Morgan fingerprint density at radius 2 is 1.89 bits per heavy atom. The zero-order valence-electron chi connectivity index (χ0n) is 14.3. The molecule has 2 aromatic heterocycles. The predicted molar refractivity (Wildman–Crippen MR) is 103 cm³/mol. The molecule has 0 aliphatic carbocycles. The van der Waals surface area contributed by atoms with E-state index in [9.17, 15) is 18.0 Å². The highest BCUT2D eigenvalue weighted by Gasteiger charge is 2.30. The lowest BCUT2D eigenvalue weighted by Crippen LogP contribution is -2.13. The van der Waals surface area contributed by atoms with Crippen molar-refractivity contribution >= 4 is 34.2 Å². The molecule has 0 unspecified atom stereocenters. The molecule has 0 saturated heterocycles. The van der Waals surface area contributed by atoms with E-state index >= 15 is 0 Å². The molecule has 0 aliphatic heterocycles. The van der Waals surface area contributed by atoms with Gasteiger partial charge in [-0.2, -0.15) is 18.3 Å². The van der Waals surface area contributed by atoms with Crippen molar-refractivity contribution in [3.63, 3.8) is 0 Å². The van der Waals surface area contributed by atoms with Crippen LogP contribution >= 0.6 is 22.6 Å². The molecule has 0 atom stereocenters.